The molecule has 0 bridgehead atoms. The van der Waals surface area contributed by atoms with Crippen LogP contribution >= 0.6 is 11.3 Å². The quantitative estimate of drug-likeness (QED) is 0.794. The summed E-state index contributed by atoms with van der Waals surface area (Å²) in [5.74, 6) is -0.896. The van der Waals surface area contributed by atoms with Crippen molar-refractivity contribution in [1.29, 1.82) is 5.26 Å². The summed E-state index contributed by atoms with van der Waals surface area (Å²) in [5.41, 5.74) is 0. The van der Waals surface area contributed by atoms with Gasteiger partial charge in [-0.2, -0.15) is 5.26 Å². The molecule has 1 unspecified atom stereocenters. The fraction of sp³-hybridized carbons (Fsp3) is 0.455. The molecule has 0 aliphatic rings. The van der Waals surface area contributed by atoms with Crippen LogP contribution in [0.4, 0.5) is 0 Å². The molecule has 6 nitrogen and oxygen atoms in total. The lowest BCUT2D eigenvalue weighted by molar-refractivity contribution is -0.137. The van der Waals surface area contributed by atoms with Crippen molar-refractivity contribution in [3.63, 3.8) is 0 Å². The number of carbonyl (C=O) groups is 1. The normalized spacial score (nSPS) is 12.8. The van der Waals surface area contributed by atoms with Crippen LogP contribution in [0.3, 0.4) is 0 Å². The molecule has 8 heteroatoms. The summed E-state index contributed by atoms with van der Waals surface area (Å²) in [6.45, 7) is 1.68. The van der Waals surface area contributed by atoms with Crippen molar-refractivity contribution in [1.82, 2.24) is 4.72 Å². The second-order valence-electron chi connectivity index (χ2n) is 4.04. The smallest absolute Gasteiger partial charge is 0.303 e. The lowest BCUT2D eigenvalue weighted by Gasteiger charge is -2.12. The van der Waals surface area contributed by atoms with E-state index in [1.54, 1.807) is 6.92 Å². The van der Waals surface area contributed by atoms with E-state index in [1.807, 2.05) is 6.07 Å². The zero-order valence-corrected chi connectivity index (χ0v) is 11.9. The van der Waals surface area contributed by atoms with Crippen LogP contribution in [0.5, 0.6) is 0 Å². The Balaban J connectivity index is 2.59. The van der Waals surface area contributed by atoms with Crippen LogP contribution in [-0.4, -0.2) is 25.5 Å². The lowest BCUT2D eigenvalue weighted by Crippen LogP contribution is -2.32. The van der Waals surface area contributed by atoms with Crippen LogP contribution in [0.25, 0.3) is 0 Å². The van der Waals surface area contributed by atoms with E-state index >= 15 is 0 Å². The summed E-state index contributed by atoms with van der Waals surface area (Å²) in [5, 5.41) is 17.2. The molecule has 0 saturated heterocycles. The predicted octanol–water partition coefficient (Wildman–Crippen LogP) is 1.54. The van der Waals surface area contributed by atoms with Gasteiger partial charge in [-0.3, -0.25) is 4.79 Å². The molecule has 2 N–H and O–H groups in total. The Kier molecular flexibility index (Phi) is 5.47. The third-order valence-electron chi connectivity index (χ3n) is 2.34. The molecule has 0 aliphatic carbocycles. The van der Waals surface area contributed by atoms with Crippen LogP contribution in [0, 0.1) is 11.3 Å². The molecule has 1 aromatic rings. The van der Waals surface area contributed by atoms with Crippen LogP contribution in [0.2, 0.25) is 0 Å². The Labute approximate surface area is 115 Å². The van der Waals surface area contributed by atoms with Gasteiger partial charge in [-0.05, 0) is 31.9 Å². The number of aliphatic carboxylic acids is 1. The molecule has 0 fully saturated rings. The summed E-state index contributed by atoms with van der Waals surface area (Å²) in [6, 6.07) is 4.37. The summed E-state index contributed by atoms with van der Waals surface area (Å²) >= 11 is 0.905. The van der Waals surface area contributed by atoms with Gasteiger partial charge in [0.25, 0.3) is 0 Å². The highest BCUT2D eigenvalue weighted by molar-refractivity contribution is 7.91. The average Bonchev–Trinajstić information content (AvgIpc) is 2.76. The number of hydrogen-bond donors (Lipinski definition) is 2. The van der Waals surface area contributed by atoms with E-state index in [4.69, 9.17) is 10.4 Å². The highest BCUT2D eigenvalue weighted by atomic mass is 32.2. The van der Waals surface area contributed by atoms with Gasteiger partial charge in [0.05, 0.1) is 0 Å². The molecular weight excluding hydrogens is 288 g/mol. The topological polar surface area (TPSA) is 107 Å². The molecule has 1 rings (SSSR count). The van der Waals surface area contributed by atoms with Gasteiger partial charge in [-0.25, -0.2) is 13.1 Å². The van der Waals surface area contributed by atoms with Crippen LogP contribution in [0.15, 0.2) is 16.3 Å². The van der Waals surface area contributed by atoms with Crippen molar-refractivity contribution in [2.24, 2.45) is 0 Å². The number of carboxylic acids is 1. The van der Waals surface area contributed by atoms with Gasteiger partial charge in [0, 0.05) is 12.5 Å². The Morgan fingerprint density at radius 3 is 2.79 bits per heavy atom. The molecule has 1 heterocycles. The summed E-state index contributed by atoms with van der Waals surface area (Å²) < 4.78 is 26.4. The molecule has 0 radical (unpaired) electrons. The number of carboxylic acid groups (broad SMARTS) is 1. The van der Waals surface area contributed by atoms with E-state index in [2.05, 4.69) is 4.72 Å². The average molecular weight is 302 g/mol. The van der Waals surface area contributed by atoms with E-state index in [0.29, 0.717) is 17.7 Å². The number of nitrogens with zero attached hydrogens (tertiary/aromatic N) is 1. The minimum Gasteiger partial charge on any atom is -0.481 e. The molecule has 0 spiro atoms. The highest BCUT2D eigenvalue weighted by Crippen LogP contribution is 2.21. The molecule has 1 aromatic heterocycles. The van der Waals surface area contributed by atoms with Gasteiger partial charge in [-0.1, -0.05) is 0 Å². The number of nitrogens with one attached hydrogen (secondary N) is 1. The molecule has 0 aromatic carbocycles. The lowest BCUT2D eigenvalue weighted by atomic mass is 10.1. The second kappa shape index (κ2) is 6.65. The molecule has 0 aliphatic heterocycles. The molecule has 19 heavy (non-hydrogen) atoms. The van der Waals surface area contributed by atoms with Crippen molar-refractivity contribution < 1.29 is 18.3 Å². The first-order chi connectivity index (χ1) is 8.85. The van der Waals surface area contributed by atoms with Gasteiger partial charge < -0.3 is 5.11 Å². The Hall–Kier alpha value is -1.43. The first-order valence-electron chi connectivity index (χ1n) is 5.59. The van der Waals surface area contributed by atoms with Gasteiger partial charge in [-0.15, -0.1) is 11.3 Å². The van der Waals surface area contributed by atoms with Crippen molar-refractivity contribution in [3.8, 4) is 6.07 Å². The molecule has 0 saturated carbocycles. The van der Waals surface area contributed by atoms with Gasteiger partial charge in [0.1, 0.15) is 15.2 Å². The van der Waals surface area contributed by atoms with Crippen molar-refractivity contribution in [2.75, 3.05) is 0 Å². The van der Waals surface area contributed by atoms with Crippen LogP contribution in [-0.2, 0) is 14.8 Å². The Bertz CT molecular complexity index is 586. The maximum atomic E-state index is 11.9. The third kappa shape index (κ3) is 4.98. The van der Waals surface area contributed by atoms with E-state index in [-0.39, 0.29) is 16.7 Å². The van der Waals surface area contributed by atoms with Crippen LogP contribution < -0.4 is 4.72 Å². The van der Waals surface area contributed by atoms with E-state index in [0.717, 1.165) is 11.3 Å². The number of rotatable bonds is 7. The summed E-state index contributed by atoms with van der Waals surface area (Å²) in [6.07, 6.45) is 0.874. The molecule has 1 atom stereocenters. The minimum absolute atomic E-state index is 0.0175. The van der Waals surface area contributed by atoms with Gasteiger partial charge in [0.15, 0.2) is 0 Å². The Morgan fingerprint density at radius 1 is 1.58 bits per heavy atom. The first kappa shape index (κ1) is 15.6. The standard InChI is InChI=1S/C11H14N2O4S2/c1-8(3-2-4-10(14)15)13-19(16,17)11-6-5-9(7-12)18-11/h5-6,8,13H,2-4H2,1H3,(H,14,15). The second-order valence-corrected chi connectivity index (χ2v) is 7.06. The molecule has 104 valence electrons. The van der Waals surface area contributed by atoms with Gasteiger partial charge >= 0.3 is 5.97 Å². The van der Waals surface area contributed by atoms with E-state index < -0.39 is 16.0 Å². The van der Waals surface area contributed by atoms with E-state index in [9.17, 15) is 13.2 Å². The van der Waals surface area contributed by atoms with Gasteiger partial charge in [0.2, 0.25) is 10.0 Å². The summed E-state index contributed by atoms with van der Waals surface area (Å²) in [4.78, 5) is 10.7. The monoisotopic (exact) mass is 302 g/mol. The maximum absolute atomic E-state index is 11.9. The zero-order chi connectivity index (χ0) is 14.5. The minimum atomic E-state index is -3.63. The SMILES string of the molecule is CC(CCCC(=O)O)NS(=O)(=O)c1ccc(C#N)s1. The number of sulfonamides is 1. The largest absolute Gasteiger partial charge is 0.481 e. The number of hydrogen-bond acceptors (Lipinski definition) is 5. The van der Waals surface area contributed by atoms with Crippen molar-refractivity contribution in [2.45, 2.75) is 36.4 Å². The third-order valence-corrected chi connectivity index (χ3v) is 5.41. The fourth-order valence-corrected chi connectivity index (χ4v) is 3.86. The zero-order valence-electron chi connectivity index (χ0n) is 10.3. The highest BCUT2D eigenvalue weighted by Gasteiger charge is 2.19. The van der Waals surface area contributed by atoms with Crippen LogP contribution in [0.1, 0.15) is 31.1 Å². The molecular formula is C11H14N2O4S2. The number of thiophene rings is 1. The fourth-order valence-electron chi connectivity index (χ4n) is 1.47. The van der Waals surface area contributed by atoms with Crippen molar-refractivity contribution >= 4 is 27.3 Å². The first-order valence-corrected chi connectivity index (χ1v) is 7.89. The van der Waals surface area contributed by atoms with Crippen molar-refractivity contribution in [3.05, 3.63) is 17.0 Å². The van der Waals surface area contributed by atoms with E-state index in [1.165, 1.54) is 12.1 Å². The summed E-state index contributed by atoms with van der Waals surface area (Å²) in [7, 11) is -3.63. The maximum Gasteiger partial charge on any atom is 0.303 e. The molecule has 0 amide bonds. The number of nitriles is 1. The predicted molar refractivity (Wildman–Crippen MR) is 70.3 cm³/mol. The Morgan fingerprint density at radius 2 is 2.26 bits per heavy atom.